The van der Waals surface area contributed by atoms with Crippen molar-refractivity contribution >= 4 is 23.4 Å². The van der Waals surface area contributed by atoms with Crippen molar-refractivity contribution in [2.45, 2.75) is 19.3 Å². The lowest BCUT2D eigenvalue weighted by atomic mass is 10.1. The van der Waals surface area contributed by atoms with Crippen molar-refractivity contribution in [3.05, 3.63) is 77.1 Å². The van der Waals surface area contributed by atoms with E-state index in [4.69, 9.17) is 16.3 Å². The van der Waals surface area contributed by atoms with Gasteiger partial charge in [0, 0.05) is 38.8 Å². The fraction of sp³-hybridized carbons (Fsp3) is 0.320. The van der Waals surface area contributed by atoms with Crippen LogP contribution in [0.2, 0.25) is 5.02 Å². The summed E-state index contributed by atoms with van der Waals surface area (Å²) in [5, 5.41) is 4.87. The molecule has 0 spiro atoms. The summed E-state index contributed by atoms with van der Waals surface area (Å²) in [6.07, 6.45) is 5.15. The number of aryl methyl sites for hydroxylation is 1. The summed E-state index contributed by atoms with van der Waals surface area (Å²) in [5.41, 5.74) is 2.34. The average Bonchev–Trinajstić information content (AvgIpc) is 3.20. The van der Waals surface area contributed by atoms with Gasteiger partial charge in [0.15, 0.2) is 0 Å². The SMILES string of the molecule is COc1ccc(CCC(=O)N2CCCN(C(=O)c3cnn(-c4ccccc4Cl)c3)CC2)cc1. The first kappa shape index (κ1) is 22.9. The van der Waals surface area contributed by atoms with Crippen LogP contribution in [0.3, 0.4) is 0 Å². The van der Waals surface area contributed by atoms with Crippen LogP contribution >= 0.6 is 11.6 Å². The molecule has 1 aromatic heterocycles. The van der Waals surface area contributed by atoms with Crippen LogP contribution in [0.1, 0.15) is 28.8 Å². The molecule has 33 heavy (non-hydrogen) atoms. The Hall–Kier alpha value is -3.32. The molecule has 1 aliphatic rings. The summed E-state index contributed by atoms with van der Waals surface area (Å²) in [7, 11) is 1.64. The largest absolute Gasteiger partial charge is 0.497 e. The lowest BCUT2D eigenvalue weighted by Gasteiger charge is -2.22. The first-order chi connectivity index (χ1) is 16.0. The number of rotatable bonds is 6. The van der Waals surface area contributed by atoms with Gasteiger partial charge in [0.05, 0.1) is 29.6 Å². The van der Waals surface area contributed by atoms with Gasteiger partial charge in [-0.15, -0.1) is 0 Å². The number of nitrogens with zero attached hydrogens (tertiary/aromatic N) is 4. The first-order valence-corrected chi connectivity index (χ1v) is 11.4. The van der Waals surface area contributed by atoms with Crippen LogP contribution in [-0.2, 0) is 11.2 Å². The maximum Gasteiger partial charge on any atom is 0.257 e. The number of halogens is 1. The summed E-state index contributed by atoms with van der Waals surface area (Å²) in [5.74, 6) is 0.840. The molecule has 7 nitrogen and oxygen atoms in total. The standard InChI is InChI=1S/C25H27ClN4O3/c1-33-21-10-7-19(8-11-21)9-12-24(31)28-13-4-14-29(16-15-28)25(32)20-17-27-30(18-20)23-6-3-2-5-22(23)26/h2-3,5-8,10-11,17-18H,4,9,12-16H2,1H3. The number of amides is 2. The Morgan fingerprint density at radius 3 is 2.48 bits per heavy atom. The first-order valence-electron chi connectivity index (χ1n) is 11.0. The summed E-state index contributed by atoms with van der Waals surface area (Å²) < 4.78 is 6.79. The van der Waals surface area contributed by atoms with Gasteiger partial charge in [-0.05, 0) is 42.7 Å². The van der Waals surface area contributed by atoms with E-state index in [2.05, 4.69) is 5.10 Å². The molecule has 1 fully saturated rings. The average molecular weight is 467 g/mol. The van der Waals surface area contributed by atoms with Crippen molar-refractivity contribution in [3.63, 3.8) is 0 Å². The molecule has 0 unspecified atom stereocenters. The minimum absolute atomic E-state index is 0.0826. The van der Waals surface area contributed by atoms with Crippen molar-refractivity contribution in [2.75, 3.05) is 33.3 Å². The molecule has 2 amide bonds. The number of carbonyl (C=O) groups excluding carboxylic acids is 2. The second-order valence-corrected chi connectivity index (χ2v) is 8.41. The molecule has 0 N–H and O–H groups in total. The molecule has 0 bridgehead atoms. The number of hydrogen-bond donors (Lipinski definition) is 0. The van der Waals surface area contributed by atoms with E-state index in [1.165, 1.54) is 0 Å². The van der Waals surface area contributed by atoms with E-state index in [9.17, 15) is 9.59 Å². The highest BCUT2D eigenvalue weighted by Gasteiger charge is 2.23. The summed E-state index contributed by atoms with van der Waals surface area (Å²) in [4.78, 5) is 29.5. The number of aromatic nitrogens is 2. The molecular weight excluding hydrogens is 440 g/mol. The highest BCUT2D eigenvalue weighted by atomic mass is 35.5. The van der Waals surface area contributed by atoms with Gasteiger partial charge < -0.3 is 14.5 Å². The molecule has 2 aromatic carbocycles. The van der Waals surface area contributed by atoms with Crippen molar-refractivity contribution < 1.29 is 14.3 Å². The lowest BCUT2D eigenvalue weighted by molar-refractivity contribution is -0.131. The molecule has 0 aliphatic carbocycles. The maximum absolute atomic E-state index is 13.0. The Kier molecular flexibility index (Phi) is 7.29. The zero-order valence-corrected chi connectivity index (χ0v) is 19.4. The summed E-state index contributed by atoms with van der Waals surface area (Å²) in [6, 6.07) is 15.1. The third kappa shape index (κ3) is 5.54. The van der Waals surface area contributed by atoms with Gasteiger partial charge in [-0.25, -0.2) is 4.68 Å². The predicted octanol–water partition coefficient (Wildman–Crippen LogP) is 3.84. The third-order valence-corrected chi connectivity index (χ3v) is 6.17. The molecule has 0 saturated carbocycles. The Labute approximate surface area is 198 Å². The molecule has 0 atom stereocenters. The summed E-state index contributed by atoms with van der Waals surface area (Å²) in [6.45, 7) is 2.30. The van der Waals surface area contributed by atoms with Crippen LogP contribution < -0.4 is 4.74 Å². The Morgan fingerprint density at radius 1 is 1.00 bits per heavy atom. The minimum atomic E-state index is -0.0826. The zero-order chi connectivity index (χ0) is 23.2. The quantitative estimate of drug-likeness (QED) is 0.553. The van der Waals surface area contributed by atoms with E-state index in [-0.39, 0.29) is 11.8 Å². The van der Waals surface area contributed by atoms with E-state index >= 15 is 0 Å². The molecule has 3 aromatic rings. The number of para-hydroxylation sites is 1. The van der Waals surface area contributed by atoms with Crippen LogP contribution in [0.15, 0.2) is 60.9 Å². The molecule has 1 aliphatic heterocycles. The molecule has 172 valence electrons. The van der Waals surface area contributed by atoms with E-state index in [0.29, 0.717) is 49.6 Å². The van der Waals surface area contributed by atoms with Gasteiger partial charge in [0.25, 0.3) is 5.91 Å². The highest BCUT2D eigenvalue weighted by Crippen LogP contribution is 2.20. The number of hydrogen-bond acceptors (Lipinski definition) is 4. The van der Waals surface area contributed by atoms with E-state index < -0.39 is 0 Å². The number of benzene rings is 2. The van der Waals surface area contributed by atoms with Crippen molar-refractivity contribution in [2.24, 2.45) is 0 Å². The molecule has 8 heteroatoms. The van der Waals surface area contributed by atoms with Crippen molar-refractivity contribution in [1.82, 2.24) is 19.6 Å². The van der Waals surface area contributed by atoms with E-state index in [0.717, 1.165) is 23.4 Å². The highest BCUT2D eigenvalue weighted by molar-refractivity contribution is 6.32. The van der Waals surface area contributed by atoms with Crippen LogP contribution in [-0.4, -0.2) is 64.7 Å². The van der Waals surface area contributed by atoms with Gasteiger partial charge >= 0.3 is 0 Å². The van der Waals surface area contributed by atoms with E-state index in [1.807, 2.05) is 47.4 Å². The Morgan fingerprint density at radius 2 is 1.73 bits per heavy atom. The Balaban J connectivity index is 1.32. The molecule has 0 radical (unpaired) electrons. The van der Waals surface area contributed by atoms with Crippen molar-refractivity contribution in [1.29, 1.82) is 0 Å². The van der Waals surface area contributed by atoms with Gasteiger partial charge in [0.1, 0.15) is 5.75 Å². The zero-order valence-electron chi connectivity index (χ0n) is 18.6. The van der Waals surface area contributed by atoms with Crippen LogP contribution in [0.4, 0.5) is 0 Å². The fourth-order valence-electron chi connectivity index (χ4n) is 3.96. The predicted molar refractivity (Wildman–Crippen MR) is 127 cm³/mol. The van der Waals surface area contributed by atoms with Gasteiger partial charge in [-0.2, -0.15) is 5.10 Å². The van der Waals surface area contributed by atoms with Crippen LogP contribution in [0.25, 0.3) is 5.69 Å². The minimum Gasteiger partial charge on any atom is -0.497 e. The topological polar surface area (TPSA) is 67.7 Å². The molecule has 2 heterocycles. The monoisotopic (exact) mass is 466 g/mol. The molecular formula is C25H27ClN4O3. The number of carbonyl (C=O) groups is 2. The Bertz CT molecular complexity index is 1110. The maximum atomic E-state index is 13.0. The number of methoxy groups -OCH3 is 1. The second-order valence-electron chi connectivity index (χ2n) is 8.00. The third-order valence-electron chi connectivity index (χ3n) is 5.85. The molecule has 4 rings (SSSR count). The van der Waals surface area contributed by atoms with Crippen molar-refractivity contribution in [3.8, 4) is 11.4 Å². The van der Waals surface area contributed by atoms with E-state index in [1.54, 1.807) is 35.2 Å². The summed E-state index contributed by atoms with van der Waals surface area (Å²) >= 11 is 6.24. The van der Waals surface area contributed by atoms with Gasteiger partial charge in [0.2, 0.25) is 5.91 Å². The second kappa shape index (κ2) is 10.5. The fourth-order valence-corrected chi connectivity index (χ4v) is 4.18. The smallest absolute Gasteiger partial charge is 0.257 e. The molecule has 1 saturated heterocycles. The van der Waals surface area contributed by atoms with Gasteiger partial charge in [-0.1, -0.05) is 35.9 Å². The normalized spacial score (nSPS) is 14.1. The van der Waals surface area contributed by atoms with Crippen LogP contribution in [0.5, 0.6) is 5.75 Å². The van der Waals surface area contributed by atoms with Crippen LogP contribution in [0, 0.1) is 0 Å². The van der Waals surface area contributed by atoms with Gasteiger partial charge in [-0.3, -0.25) is 9.59 Å². The number of ether oxygens (including phenoxy) is 1. The lowest BCUT2D eigenvalue weighted by Crippen LogP contribution is -2.37.